The summed E-state index contributed by atoms with van der Waals surface area (Å²) in [7, 11) is 0. The highest BCUT2D eigenvalue weighted by molar-refractivity contribution is 8.00. The number of rotatable bonds is 7. The van der Waals surface area contributed by atoms with Crippen molar-refractivity contribution in [2.24, 2.45) is 0 Å². The van der Waals surface area contributed by atoms with Crippen LogP contribution in [0.5, 0.6) is 0 Å². The number of carbonyl (C=O) groups excluding carboxylic acids is 1. The molecule has 130 valence electrons. The Morgan fingerprint density at radius 1 is 1.43 bits per heavy atom. The topological polar surface area (TPSA) is 56.1 Å². The second kappa shape index (κ2) is 8.20. The van der Waals surface area contributed by atoms with Crippen molar-refractivity contribution in [3.8, 4) is 0 Å². The summed E-state index contributed by atoms with van der Waals surface area (Å²) in [4.78, 5) is 16.8. The molecule has 2 rings (SSSR count). The van der Waals surface area contributed by atoms with Gasteiger partial charge in [-0.1, -0.05) is 25.6 Å². The molecule has 0 saturated carbocycles. The molecule has 0 bridgehead atoms. The van der Waals surface area contributed by atoms with E-state index < -0.39 is 0 Å². The smallest absolute Gasteiger partial charge is 0.233 e. The average molecular weight is 340 g/mol. The van der Waals surface area contributed by atoms with Crippen molar-refractivity contribution in [3.05, 3.63) is 11.9 Å². The number of amides is 1. The lowest BCUT2D eigenvalue weighted by Crippen LogP contribution is -2.36. The fourth-order valence-corrected chi connectivity index (χ4v) is 3.81. The first-order valence-electron chi connectivity index (χ1n) is 8.53. The third-order valence-electron chi connectivity index (χ3n) is 4.08. The van der Waals surface area contributed by atoms with Crippen LogP contribution in [0.25, 0.3) is 0 Å². The van der Waals surface area contributed by atoms with E-state index in [4.69, 9.17) is 4.74 Å². The Morgan fingerprint density at radius 3 is 2.74 bits per heavy atom. The van der Waals surface area contributed by atoms with Gasteiger partial charge in [-0.2, -0.15) is 0 Å². The van der Waals surface area contributed by atoms with Crippen LogP contribution in [0.3, 0.4) is 0 Å². The molecule has 0 aromatic carbocycles. The minimum atomic E-state index is -0.170. The summed E-state index contributed by atoms with van der Waals surface area (Å²) in [5.74, 6) is 0.470. The zero-order valence-corrected chi connectivity index (χ0v) is 15.7. The molecule has 1 aromatic rings. The molecule has 1 N–H and O–H groups in total. The first-order chi connectivity index (χ1) is 10.9. The van der Waals surface area contributed by atoms with Gasteiger partial charge in [-0.25, -0.2) is 4.98 Å². The van der Waals surface area contributed by atoms with Crippen LogP contribution in [-0.4, -0.2) is 40.0 Å². The average Bonchev–Trinajstić information content (AvgIpc) is 3.13. The summed E-state index contributed by atoms with van der Waals surface area (Å²) in [6, 6.07) is 0.333. The van der Waals surface area contributed by atoms with E-state index in [1.54, 1.807) is 0 Å². The van der Waals surface area contributed by atoms with E-state index >= 15 is 0 Å². The summed E-state index contributed by atoms with van der Waals surface area (Å²) in [5, 5.41) is 3.75. The van der Waals surface area contributed by atoms with Crippen LogP contribution in [-0.2, 0) is 9.53 Å². The summed E-state index contributed by atoms with van der Waals surface area (Å²) in [6.07, 6.45) is 4.25. The van der Waals surface area contributed by atoms with Crippen LogP contribution in [0.1, 0.15) is 65.1 Å². The van der Waals surface area contributed by atoms with Crippen LogP contribution < -0.4 is 5.32 Å². The maximum absolute atomic E-state index is 12.3. The third-order valence-corrected chi connectivity index (χ3v) is 5.16. The van der Waals surface area contributed by atoms with Crippen LogP contribution in [0.15, 0.2) is 11.4 Å². The van der Waals surface area contributed by atoms with Gasteiger partial charge in [0.25, 0.3) is 0 Å². The molecule has 1 aliphatic rings. The predicted molar refractivity (Wildman–Crippen MR) is 94.0 cm³/mol. The normalized spacial score (nSPS) is 19.5. The molecule has 0 aliphatic carbocycles. The van der Waals surface area contributed by atoms with E-state index in [1.165, 1.54) is 17.5 Å². The number of thioether (sulfide) groups is 1. The monoisotopic (exact) mass is 339 g/mol. The van der Waals surface area contributed by atoms with Gasteiger partial charge in [0.1, 0.15) is 0 Å². The summed E-state index contributed by atoms with van der Waals surface area (Å²) in [6.45, 7) is 12.0. The standard InChI is InChI=1S/C17H29N3O2S/c1-11(2)15-10-19-17(20(15)12(3)4)23-13(5)16(21)18-9-14-7-6-8-22-14/h10-14H,6-9H2,1-5H3,(H,18,21)/t13-,14-/m0/s1. The Kier molecular flexibility index (Phi) is 6.53. The molecule has 1 aromatic heterocycles. The van der Waals surface area contributed by atoms with Gasteiger partial charge in [0.15, 0.2) is 5.16 Å². The maximum atomic E-state index is 12.3. The number of imidazole rings is 1. The van der Waals surface area contributed by atoms with Crippen molar-refractivity contribution in [2.45, 2.75) is 75.9 Å². The van der Waals surface area contributed by atoms with Gasteiger partial charge < -0.3 is 14.6 Å². The highest BCUT2D eigenvalue weighted by atomic mass is 32.2. The zero-order chi connectivity index (χ0) is 17.0. The number of hydrogen-bond acceptors (Lipinski definition) is 4. The van der Waals surface area contributed by atoms with Crippen LogP contribution >= 0.6 is 11.8 Å². The van der Waals surface area contributed by atoms with E-state index in [9.17, 15) is 4.79 Å². The summed E-state index contributed by atoms with van der Waals surface area (Å²) < 4.78 is 7.78. The van der Waals surface area contributed by atoms with Crippen LogP contribution in [0.2, 0.25) is 0 Å². The Bertz CT molecular complexity index is 522. The van der Waals surface area contributed by atoms with E-state index in [0.29, 0.717) is 18.5 Å². The van der Waals surface area contributed by atoms with Gasteiger partial charge in [0.2, 0.25) is 5.91 Å². The van der Waals surface area contributed by atoms with Gasteiger partial charge in [0, 0.05) is 31.1 Å². The van der Waals surface area contributed by atoms with E-state index in [1.807, 2.05) is 13.1 Å². The van der Waals surface area contributed by atoms with Crippen molar-refractivity contribution >= 4 is 17.7 Å². The molecule has 5 nitrogen and oxygen atoms in total. The van der Waals surface area contributed by atoms with E-state index in [-0.39, 0.29) is 17.3 Å². The minimum absolute atomic E-state index is 0.0508. The zero-order valence-electron chi connectivity index (χ0n) is 14.8. The lowest BCUT2D eigenvalue weighted by atomic mass is 10.1. The van der Waals surface area contributed by atoms with Gasteiger partial charge in [-0.15, -0.1) is 0 Å². The fourth-order valence-electron chi connectivity index (χ4n) is 2.76. The Hall–Kier alpha value is -1.01. The van der Waals surface area contributed by atoms with E-state index in [2.05, 4.69) is 42.6 Å². The van der Waals surface area contributed by atoms with Crippen LogP contribution in [0.4, 0.5) is 0 Å². The molecule has 1 amide bonds. The minimum Gasteiger partial charge on any atom is -0.376 e. The third kappa shape index (κ3) is 4.73. The molecule has 2 heterocycles. The molecule has 0 unspecified atom stereocenters. The lowest BCUT2D eigenvalue weighted by molar-refractivity contribution is -0.120. The molecule has 0 radical (unpaired) electrons. The Labute approximate surface area is 143 Å². The van der Waals surface area contributed by atoms with Crippen LogP contribution in [0, 0.1) is 0 Å². The number of carbonyl (C=O) groups is 1. The second-order valence-electron chi connectivity index (χ2n) is 6.72. The number of ether oxygens (including phenoxy) is 1. The van der Waals surface area contributed by atoms with Gasteiger partial charge in [-0.05, 0) is 39.5 Å². The molecule has 1 saturated heterocycles. The van der Waals surface area contributed by atoms with Gasteiger partial charge >= 0.3 is 0 Å². The first kappa shape index (κ1) is 18.3. The van der Waals surface area contributed by atoms with Gasteiger partial charge in [-0.3, -0.25) is 4.79 Å². The lowest BCUT2D eigenvalue weighted by Gasteiger charge is -2.19. The van der Waals surface area contributed by atoms with Crippen molar-refractivity contribution < 1.29 is 9.53 Å². The number of hydrogen-bond donors (Lipinski definition) is 1. The van der Waals surface area contributed by atoms with Crippen molar-refractivity contribution in [3.63, 3.8) is 0 Å². The number of nitrogens with one attached hydrogen (secondary N) is 1. The summed E-state index contributed by atoms with van der Waals surface area (Å²) in [5.41, 5.74) is 1.22. The maximum Gasteiger partial charge on any atom is 0.233 e. The van der Waals surface area contributed by atoms with Gasteiger partial charge in [0.05, 0.1) is 11.4 Å². The molecule has 23 heavy (non-hydrogen) atoms. The number of nitrogens with zero attached hydrogens (tertiary/aromatic N) is 2. The van der Waals surface area contributed by atoms with Crippen molar-refractivity contribution in [1.82, 2.24) is 14.9 Å². The van der Waals surface area contributed by atoms with Crippen molar-refractivity contribution in [2.75, 3.05) is 13.2 Å². The predicted octanol–water partition coefficient (Wildman–Crippen LogP) is 3.36. The van der Waals surface area contributed by atoms with E-state index in [0.717, 1.165) is 24.6 Å². The first-order valence-corrected chi connectivity index (χ1v) is 9.41. The quantitative estimate of drug-likeness (QED) is 0.774. The highest BCUT2D eigenvalue weighted by Gasteiger charge is 2.22. The molecule has 1 aliphatic heterocycles. The Balaban J connectivity index is 1.96. The SMILES string of the molecule is CC(C)c1cnc(S[C@@H](C)C(=O)NC[C@@H]2CCCO2)n1C(C)C. The second-order valence-corrected chi connectivity index (χ2v) is 8.03. The molecular weight excluding hydrogens is 310 g/mol. The molecule has 1 fully saturated rings. The fraction of sp³-hybridized carbons (Fsp3) is 0.765. The van der Waals surface area contributed by atoms with Crippen molar-refractivity contribution in [1.29, 1.82) is 0 Å². The number of aromatic nitrogens is 2. The highest BCUT2D eigenvalue weighted by Crippen LogP contribution is 2.29. The molecular formula is C17H29N3O2S. The molecule has 2 atom stereocenters. The largest absolute Gasteiger partial charge is 0.376 e. The Morgan fingerprint density at radius 2 is 2.17 bits per heavy atom. The summed E-state index contributed by atoms with van der Waals surface area (Å²) >= 11 is 1.53. The molecule has 0 spiro atoms. The molecule has 6 heteroatoms.